The van der Waals surface area contributed by atoms with Crippen molar-refractivity contribution in [3.8, 4) is 11.6 Å². The third kappa shape index (κ3) is 5.36. The van der Waals surface area contributed by atoms with Crippen molar-refractivity contribution in [2.24, 2.45) is 10.4 Å². The first kappa shape index (κ1) is 21.8. The predicted octanol–water partition coefficient (Wildman–Crippen LogP) is 3.82. The Bertz CT molecular complexity index is 841. The molecule has 0 saturated carbocycles. The number of rotatable bonds is 4. The topological polar surface area (TPSA) is 59.0 Å². The molecule has 1 unspecified atom stereocenters. The fourth-order valence-electron chi connectivity index (χ4n) is 3.84. The van der Waals surface area contributed by atoms with Crippen molar-refractivity contribution in [2.45, 2.75) is 19.4 Å². The predicted molar refractivity (Wildman–Crippen MR) is 120 cm³/mol. The minimum absolute atomic E-state index is 0. The Morgan fingerprint density at radius 1 is 1.31 bits per heavy atom. The molecule has 1 atom stereocenters. The number of ether oxygens (including phenoxy) is 2. The zero-order valence-electron chi connectivity index (χ0n) is 16.4. The highest BCUT2D eigenvalue weighted by Gasteiger charge is 2.42. The molecule has 156 valence electrons. The molecule has 3 heterocycles. The SMILES string of the molecule is CN=C(NCc1ccnc(Oc2ccc(F)cc2)c1)N1CCC2(CCOC2)C1.I. The minimum Gasteiger partial charge on any atom is -0.439 e. The molecule has 6 nitrogen and oxygen atoms in total. The third-order valence-electron chi connectivity index (χ3n) is 5.42. The molecule has 1 aromatic heterocycles. The van der Waals surface area contributed by atoms with Gasteiger partial charge in [-0.2, -0.15) is 0 Å². The average molecular weight is 512 g/mol. The summed E-state index contributed by atoms with van der Waals surface area (Å²) < 4.78 is 24.3. The normalized spacial score (nSPS) is 21.3. The fraction of sp³-hybridized carbons (Fsp3) is 0.429. The van der Waals surface area contributed by atoms with Crippen LogP contribution < -0.4 is 10.1 Å². The molecule has 0 amide bonds. The van der Waals surface area contributed by atoms with Gasteiger partial charge in [-0.15, -0.1) is 24.0 Å². The zero-order valence-corrected chi connectivity index (χ0v) is 18.8. The van der Waals surface area contributed by atoms with E-state index in [1.54, 1.807) is 18.3 Å². The second kappa shape index (κ2) is 9.71. The van der Waals surface area contributed by atoms with Gasteiger partial charge in [0.05, 0.1) is 6.61 Å². The zero-order chi connectivity index (χ0) is 19.4. The first-order valence-electron chi connectivity index (χ1n) is 9.58. The molecule has 29 heavy (non-hydrogen) atoms. The van der Waals surface area contributed by atoms with Crippen molar-refractivity contribution in [1.29, 1.82) is 0 Å². The summed E-state index contributed by atoms with van der Waals surface area (Å²) in [6.45, 7) is 4.33. The summed E-state index contributed by atoms with van der Waals surface area (Å²) in [5, 5.41) is 3.43. The van der Waals surface area contributed by atoms with Gasteiger partial charge >= 0.3 is 0 Å². The lowest BCUT2D eigenvalue weighted by atomic mass is 9.87. The van der Waals surface area contributed by atoms with Crippen LogP contribution in [0.2, 0.25) is 0 Å². The Balaban J connectivity index is 0.00000240. The Kier molecular flexibility index (Phi) is 7.28. The third-order valence-corrected chi connectivity index (χ3v) is 5.42. The summed E-state index contributed by atoms with van der Waals surface area (Å²) in [7, 11) is 1.81. The van der Waals surface area contributed by atoms with Gasteiger partial charge in [0, 0.05) is 51.0 Å². The van der Waals surface area contributed by atoms with Crippen LogP contribution in [0.4, 0.5) is 4.39 Å². The maximum Gasteiger partial charge on any atom is 0.219 e. The molecular formula is C21H26FIN4O2. The number of pyridine rings is 1. The Labute approximate surface area is 187 Å². The summed E-state index contributed by atoms with van der Waals surface area (Å²) in [5.41, 5.74) is 1.33. The van der Waals surface area contributed by atoms with Crippen LogP contribution >= 0.6 is 24.0 Å². The summed E-state index contributed by atoms with van der Waals surface area (Å²) in [4.78, 5) is 11.0. The fourth-order valence-corrected chi connectivity index (χ4v) is 3.84. The maximum absolute atomic E-state index is 13.0. The summed E-state index contributed by atoms with van der Waals surface area (Å²) in [6.07, 6.45) is 3.99. The molecule has 2 saturated heterocycles. The van der Waals surface area contributed by atoms with Gasteiger partial charge in [-0.25, -0.2) is 9.37 Å². The standard InChI is InChI=1S/C21H25FN4O2.HI/c1-23-20(26-10-7-21(14-26)8-11-27-15-21)25-13-16-6-9-24-19(12-16)28-18-4-2-17(22)3-5-18;/h2-6,9,12H,7-8,10-11,13-15H2,1H3,(H,23,25);1H. The second-order valence-corrected chi connectivity index (χ2v) is 7.43. The Morgan fingerprint density at radius 3 is 2.86 bits per heavy atom. The van der Waals surface area contributed by atoms with Gasteiger partial charge in [0.15, 0.2) is 5.96 Å². The molecule has 2 fully saturated rings. The van der Waals surface area contributed by atoms with Gasteiger partial charge in [0.25, 0.3) is 0 Å². The first-order chi connectivity index (χ1) is 13.7. The van der Waals surface area contributed by atoms with Crippen molar-refractivity contribution in [2.75, 3.05) is 33.4 Å². The number of guanidine groups is 1. The van der Waals surface area contributed by atoms with E-state index in [0.717, 1.165) is 50.7 Å². The van der Waals surface area contributed by atoms with Crippen LogP contribution in [0.3, 0.4) is 0 Å². The van der Waals surface area contributed by atoms with E-state index in [-0.39, 0.29) is 29.8 Å². The van der Waals surface area contributed by atoms with Gasteiger partial charge in [0.1, 0.15) is 11.6 Å². The lowest BCUT2D eigenvalue weighted by molar-refractivity contribution is 0.156. The van der Waals surface area contributed by atoms with Gasteiger partial charge in [0.2, 0.25) is 5.88 Å². The number of hydrogen-bond donors (Lipinski definition) is 1. The molecule has 2 aliphatic rings. The quantitative estimate of drug-likeness (QED) is 0.384. The van der Waals surface area contributed by atoms with E-state index in [1.165, 1.54) is 12.1 Å². The Hall–Kier alpha value is -1.94. The molecule has 0 aliphatic carbocycles. The molecule has 0 radical (unpaired) electrons. The number of nitrogens with one attached hydrogen (secondary N) is 1. The van der Waals surface area contributed by atoms with Gasteiger partial charge in [-0.1, -0.05) is 0 Å². The van der Waals surface area contributed by atoms with Crippen LogP contribution in [0.15, 0.2) is 47.6 Å². The molecule has 2 aromatic rings. The second-order valence-electron chi connectivity index (χ2n) is 7.43. The number of aromatic nitrogens is 1. The molecule has 2 aliphatic heterocycles. The maximum atomic E-state index is 13.0. The van der Waals surface area contributed by atoms with E-state index >= 15 is 0 Å². The van der Waals surface area contributed by atoms with Gasteiger partial charge in [-0.05, 0) is 48.7 Å². The smallest absolute Gasteiger partial charge is 0.219 e. The van der Waals surface area contributed by atoms with Crippen molar-refractivity contribution in [3.05, 3.63) is 54.0 Å². The molecule has 1 aromatic carbocycles. The van der Waals surface area contributed by atoms with Crippen LogP contribution in [-0.2, 0) is 11.3 Å². The first-order valence-corrected chi connectivity index (χ1v) is 9.58. The van der Waals surface area contributed by atoms with Crippen molar-refractivity contribution in [3.63, 3.8) is 0 Å². The number of aliphatic imine (C=N–C) groups is 1. The largest absolute Gasteiger partial charge is 0.439 e. The van der Waals surface area contributed by atoms with Crippen LogP contribution in [0.1, 0.15) is 18.4 Å². The van der Waals surface area contributed by atoms with Crippen LogP contribution in [0.25, 0.3) is 0 Å². The number of likely N-dealkylation sites (tertiary alicyclic amines) is 1. The Morgan fingerprint density at radius 2 is 2.14 bits per heavy atom. The number of nitrogens with zero attached hydrogens (tertiary/aromatic N) is 3. The van der Waals surface area contributed by atoms with E-state index in [2.05, 4.69) is 20.2 Å². The summed E-state index contributed by atoms with van der Waals surface area (Å²) >= 11 is 0. The lowest BCUT2D eigenvalue weighted by Crippen LogP contribution is -2.41. The van der Waals surface area contributed by atoms with Crippen molar-refractivity contribution >= 4 is 29.9 Å². The highest BCUT2D eigenvalue weighted by Crippen LogP contribution is 2.38. The number of hydrogen-bond acceptors (Lipinski definition) is 4. The summed E-state index contributed by atoms with van der Waals surface area (Å²) in [5.74, 6) is 1.64. The molecule has 1 spiro atoms. The lowest BCUT2D eigenvalue weighted by Gasteiger charge is -2.25. The molecule has 0 bridgehead atoms. The molecular weight excluding hydrogens is 486 g/mol. The van der Waals surface area contributed by atoms with Crippen LogP contribution in [0.5, 0.6) is 11.6 Å². The number of benzene rings is 1. The minimum atomic E-state index is -0.294. The van der Waals surface area contributed by atoms with E-state index in [0.29, 0.717) is 23.6 Å². The molecule has 8 heteroatoms. The molecule has 4 rings (SSSR count). The highest BCUT2D eigenvalue weighted by molar-refractivity contribution is 14.0. The van der Waals surface area contributed by atoms with E-state index in [1.807, 2.05) is 19.2 Å². The summed E-state index contributed by atoms with van der Waals surface area (Å²) in [6, 6.07) is 9.71. The molecule has 1 N–H and O–H groups in total. The van der Waals surface area contributed by atoms with Crippen molar-refractivity contribution < 1.29 is 13.9 Å². The van der Waals surface area contributed by atoms with E-state index in [4.69, 9.17) is 9.47 Å². The van der Waals surface area contributed by atoms with Crippen LogP contribution in [0, 0.1) is 11.2 Å². The van der Waals surface area contributed by atoms with Gasteiger partial charge < -0.3 is 19.7 Å². The van der Waals surface area contributed by atoms with E-state index in [9.17, 15) is 4.39 Å². The average Bonchev–Trinajstić information content (AvgIpc) is 3.35. The van der Waals surface area contributed by atoms with Crippen LogP contribution in [-0.4, -0.2) is 49.2 Å². The van der Waals surface area contributed by atoms with E-state index < -0.39 is 0 Å². The number of halogens is 2. The highest BCUT2D eigenvalue weighted by atomic mass is 127. The monoisotopic (exact) mass is 512 g/mol. The van der Waals surface area contributed by atoms with Crippen molar-refractivity contribution in [1.82, 2.24) is 15.2 Å². The van der Waals surface area contributed by atoms with Gasteiger partial charge in [-0.3, -0.25) is 4.99 Å².